The quantitative estimate of drug-likeness (QED) is 0.0682. The summed E-state index contributed by atoms with van der Waals surface area (Å²) in [5.41, 5.74) is 13.3. The van der Waals surface area contributed by atoms with Crippen molar-refractivity contribution < 1.29 is 24.5 Å². The molecule has 8 heteroatoms. The summed E-state index contributed by atoms with van der Waals surface area (Å²) in [5.74, 6) is 0.261. The summed E-state index contributed by atoms with van der Waals surface area (Å²) in [4.78, 5) is 25.1. The number of Topliss-reactive ketones (excluding diaryl/α,β-unsaturated/α-hetero) is 1. The fourth-order valence-electron chi connectivity index (χ4n) is 5.65. The fraction of sp³-hybridized carbons (Fsp3) is 0.444. The predicted molar refractivity (Wildman–Crippen MR) is 176 cm³/mol. The smallest absolute Gasteiger partial charge is 0.186 e. The predicted octanol–water partition coefficient (Wildman–Crippen LogP) is 5.17. The van der Waals surface area contributed by atoms with Crippen LogP contribution >= 0.6 is 0 Å². The van der Waals surface area contributed by atoms with Crippen LogP contribution in [0.3, 0.4) is 0 Å². The van der Waals surface area contributed by atoms with E-state index in [4.69, 9.17) is 10.5 Å². The molecule has 0 amide bonds. The molecule has 3 rings (SSSR count). The van der Waals surface area contributed by atoms with Gasteiger partial charge in [-0.05, 0) is 105 Å². The van der Waals surface area contributed by atoms with E-state index < -0.39 is 6.79 Å². The zero-order valence-electron chi connectivity index (χ0n) is 26.6. The average Bonchev–Trinajstić information content (AvgIpc) is 2.95. The molecular weight excluding hydrogens is 554 g/mol. The highest BCUT2D eigenvalue weighted by molar-refractivity contribution is 6.06. The summed E-state index contributed by atoms with van der Waals surface area (Å²) < 4.78 is 5.18. The summed E-state index contributed by atoms with van der Waals surface area (Å²) in [7, 11) is 1.95. The molecule has 44 heavy (non-hydrogen) atoms. The molecule has 0 radical (unpaired) electrons. The van der Waals surface area contributed by atoms with Crippen molar-refractivity contribution in [2.75, 3.05) is 20.4 Å². The Bertz CT molecular complexity index is 1360. The SMILES string of the molecule is CNCC(C)CCCCCC(=O)CC(=O)C=Cc1cc(OCO)c(O)cc1CC1=CNC(N)C(Cc2cc(C)cc(C)c2)=C1. The number of rotatable bonds is 18. The third-order valence-electron chi connectivity index (χ3n) is 7.77. The molecule has 1 aliphatic rings. The maximum Gasteiger partial charge on any atom is 0.186 e. The lowest BCUT2D eigenvalue weighted by molar-refractivity contribution is -0.124. The third-order valence-corrected chi connectivity index (χ3v) is 7.77. The number of aliphatic hydroxyl groups excluding tert-OH is 1. The fourth-order valence-corrected chi connectivity index (χ4v) is 5.65. The molecule has 1 aliphatic heterocycles. The molecular formula is C36H49N3O5. The van der Waals surface area contributed by atoms with E-state index in [1.807, 2.05) is 13.2 Å². The summed E-state index contributed by atoms with van der Waals surface area (Å²) in [6.45, 7) is 6.76. The number of aliphatic hydroxyl groups is 1. The van der Waals surface area contributed by atoms with E-state index in [0.29, 0.717) is 30.7 Å². The van der Waals surface area contributed by atoms with E-state index in [1.54, 1.807) is 18.2 Å². The van der Waals surface area contributed by atoms with Crippen LogP contribution in [0.25, 0.3) is 6.08 Å². The number of aryl methyl sites for hydroxylation is 2. The van der Waals surface area contributed by atoms with Gasteiger partial charge in [0.1, 0.15) is 5.78 Å². The maximum atomic E-state index is 12.7. The van der Waals surface area contributed by atoms with Gasteiger partial charge < -0.3 is 31.3 Å². The average molecular weight is 604 g/mol. The second kappa shape index (κ2) is 17.5. The first kappa shape index (κ1) is 34.8. The molecule has 0 bridgehead atoms. The number of carbonyl (C=O) groups is 2. The van der Waals surface area contributed by atoms with Crippen molar-refractivity contribution in [1.82, 2.24) is 10.6 Å². The number of ketones is 2. The van der Waals surface area contributed by atoms with Crippen molar-refractivity contribution >= 4 is 17.6 Å². The Balaban J connectivity index is 1.68. The number of hydrogen-bond donors (Lipinski definition) is 5. The molecule has 2 aromatic carbocycles. The van der Waals surface area contributed by atoms with E-state index in [1.165, 1.54) is 22.8 Å². The number of nitrogens with two attached hydrogens (primary N) is 1. The van der Waals surface area contributed by atoms with Crippen molar-refractivity contribution in [3.05, 3.63) is 87.6 Å². The highest BCUT2D eigenvalue weighted by Gasteiger charge is 2.17. The van der Waals surface area contributed by atoms with Crippen molar-refractivity contribution in [3.8, 4) is 11.5 Å². The molecule has 0 spiro atoms. The minimum atomic E-state index is -0.602. The number of aromatic hydroxyl groups is 1. The van der Waals surface area contributed by atoms with Crippen LogP contribution in [0.2, 0.25) is 0 Å². The molecule has 2 unspecified atom stereocenters. The second-order valence-electron chi connectivity index (χ2n) is 12.0. The van der Waals surface area contributed by atoms with Gasteiger partial charge in [0.25, 0.3) is 0 Å². The molecule has 0 aliphatic carbocycles. The summed E-state index contributed by atoms with van der Waals surface area (Å²) >= 11 is 0. The van der Waals surface area contributed by atoms with Crippen LogP contribution in [0.4, 0.5) is 0 Å². The van der Waals surface area contributed by atoms with Crippen LogP contribution in [0.5, 0.6) is 11.5 Å². The van der Waals surface area contributed by atoms with Crippen LogP contribution in [-0.4, -0.2) is 48.3 Å². The lowest BCUT2D eigenvalue weighted by atomic mass is 9.92. The Morgan fingerprint density at radius 2 is 1.84 bits per heavy atom. The lowest BCUT2D eigenvalue weighted by Crippen LogP contribution is -2.38. The van der Waals surface area contributed by atoms with Gasteiger partial charge in [0.2, 0.25) is 0 Å². The Morgan fingerprint density at radius 3 is 2.55 bits per heavy atom. The highest BCUT2D eigenvalue weighted by atomic mass is 16.6. The first-order valence-corrected chi connectivity index (χ1v) is 15.5. The third kappa shape index (κ3) is 11.4. The van der Waals surface area contributed by atoms with Crippen LogP contribution in [0.1, 0.15) is 73.3 Å². The highest BCUT2D eigenvalue weighted by Crippen LogP contribution is 2.32. The zero-order chi connectivity index (χ0) is 32.1. The van der Waals surface area contributed by atoms with Crippen molar-refractivity contribution in [2.45, 2.75) is 78.3 Å². The molecule has 1 heterocycles. The van der Waals surface area contributed by atoms with Gasteiger partial charge in [-0.3, -0.25) is 9.59 Å². The number of carbonyl (C=O) groups excluding carboxylic acids is 2. The molecule has 0 aromatic heterocycles. The van der Waals surface area contributed by atoms with Gasteiger partial charge >= 0.3 is 0 Å². The number of unbranched alkanes of at least 4 members (excludes halogenated alkanes) is 2. The van der Waals surface area contributed by atoms with Gasteiger partial charge in [0.15, 0.2) is 24.1 Å². The largest absolute Gasteiger partial charge is 0.504 e. The normalized spacial score (nSPS) is 15.5. The van der Waals surface area contributed by atoms with Crippen molar-refractivity contribution in [3.63, 3.8) is 0 Å². The Kier molecular flexibility index (Phi) is 13.9. The van der Waals surface area contributed by atoms with E-state index in [9.17, 15) is 19.8 Å². The van der Waals surface area contributed by atoms with E-state index in [2.05, 4.69) is 55.7 Å². The number of allylic oxidation sites excluding steroid dienone is 3. The molecule has 6 N–H and O–H groups in total. The van der Waals surface area contributed by atoms with Crippen LogP contribution in [-0.2, 0) is 22.4 Å². The van der Waals surface area contributed by atoms with Crippen LogP contribution in [0.15, 0.2) is 59.8 Å². The second-order valence-corrected chi connectivity index (χ2v) is 12.0. The number of nitrogens with one attached hydrogen (secondary N) is 2. The van der Waals surface area contributed by atoms with Crippen LogP contribution in [0, 0.1) is 19.8 Å². The molecule has 2 atom stereocenters. The summed E-state index contributed by atoms with van der Waals surface area (Å²) in [5, 5.41) is 26.2. The summed E-state index contributed by atoms with van der Waals surface area (Å²) in [6.07, 6.45) is 12.0. The van der Waals surface area contributed by atoms with E-state index in [-0.39, 0.29) is 35.7 Å². The minimum Gasteiger partial charge on any atom is -0.504 e. The minimum absolute atomic E-state index is 0.0607. The Hall–Kier alpha value is -3.72. The zero-order valence-corrected chi connectivity index (χ0v) is 26.6. The molecule has 2 aromatic rings. The van der Waals surface area contributed by atoms with E-state index >= 15 is 0 Å². The van der Waals surface area contributed by atoms with Crippen molar-refractivity contribution in [1.29, 1.82) is 0 Å². The van der Waals surface area contributed by atoms with E-state index in [0.717, 1.165) is 48.9 Å². The number of phenols is 1. The first-order valence-electron chi connectivity index (χ1n) is 15.5. The number of hydrogen-bond acceptors (Lipinski definition) is 8. The van der Waals surface area contributed by atoms with Gasteiger partial charge in [-0.1, -0.05) is 61.2 Å². The topological polar surface area (TPSA) is 134 Å². The van der Waals surface area contributed by atoms with Crippen molar-refractivity contribution in [2.24, 2.45) is 11.7 Å². The van der Waals surface area contributed by atoms with Crippen LogP contribution < -0.4 is 21.1 Å². The number of phenolic OH excluding ortho intramolecular Hbond substituents is 1. The molecule has 238 valence electrons. The maximum absolute atomic E-state index is 12.7. The van der Waals surface area contributed by atoms with Gasteiger partial charge in [-0.25, -0.2) is 0 Å². The molecule has 0 saturated carbocycles. The lowest BCUT2D eigenvalue weighted by Gasteiger charge is -2.23. The van der Waals surface area contributed by atoms with Gasteiger partial charge in [0, 0.05) is 12.6 Å². The first-order chi connectivity index (χ1) is 21.1. The molecule has 0 saturated heterocycles. The number of dihydropyridines is 1. The molecule has 0 fully saturated rings. The number of benzene rings is 2. The standard InChI is InChI=1S/C36H49N3O5/c1-24(21-38-4)8-6-5-7-9-32(41)20-33(42)11-10-29-19-35(44-23-40)34(43)18-30(29)16-28-17-31(36(37)39-22-28)15-27-13-25(2)12-26(3)14-27/h10-14,17-19,22,24,36,38-40,43H,5-9,15-16,20-21,23,37H2,1-4H3. The van der Waals surface area contributed by atoms with Gasteiger partial charge in [-0.2, -0.15) is 0 Å². The Morgan fingerprint density at radius 1 is 1.09 bits per heavy atom. The Labute approximate surface area is 262 Å². The molecule has 8 nitrogen and oxygen atoms in total. The van der Waals surface area contributed by atoms with Gasteiger partial charge in [-0.15, -0.1) is 0 Å². The summed E-state index contributed by atoms with van der Waals surface area (Å²) in [6, 6.07) is 9.63. The van der Waals surface area contributed by atoms with Gasteiger partial charge in [0.05, 0.1) is 12.6 Å². The monoisotopic (exact) mass is 603 g/mol. The number of ether oxygens (including phenoxy) is 1.